The number of aliphatic hydroxyl groups is 1. The fourth-order valence-electron chi connectivity index (χ4n) is 1.90. The van der Waals surface area contributed by atoms with E-state index in [0.29, 0.717) is 5.92 Å². The van der Waals surface area contributed by atoms with Gasteiger partial charge in [0.1, 0.15) is 5.60 Å². The van der Waals surface area contributed by atoms with Gasteiger partial charge in [0.25, 0.3) is 0 Å². The summed E-state index contributed by atoms with van der Waals surface area (Å²) in [6.07, 6.45) is 0. The number of allylic oxidation sites excluding steroid dienone is 1. The maximum atomic E-state index is 10.2. The molecule has 0 aliphatic rings. The van der Waals surface area contributed by atoms with Crippen LogP contribution < -0.4 is 0 Å². The van der Waals surface area contributed by atoms with Crippen LogP contribution in [0.15, 0.2) is 16.1 Å². The van der Waals surface area contributed by atoms with Gasteiger partial charge in [-0.1, -0.05) is 19.4 Å². The fourth-order valence-corrected chi connectivity index (χ4v) is 1.90. The van der Waals surface area contributed by atoms with Gasteiger partial charge in [0.05, 0.1) is 5.71 Å². The molecule has 0 heterocycles. The second-order valence-electron chi connectivity index (χ2n) is 5.70. The zero-order valence-corrected chi connectivity index (χ0v) is 12.0. The summed E-state index contributed by atoms with van der Waals surface area (Å²) in [6, 6.07) is 0.203. The second-order valence-corrected chi connectivity index (χ2v) is 5.70. The first kappa shape index (κ1) is 15.4. The van der Waals surface area contributed by atoms with Crippen LogP contribution in [0.1, 0.15) is 55.4 Å². The van der Waals surface area contributed by atoms with Crippen molar-refractivity contribution in [1.29, 1.82) is 0 Å². The molecule has 0 spiro atoms. The van der Waals surface area contributed by atoms with Crippen molar-refractivity contribution in [3.8, 4) is 0 Å². The van der Waals surface area contributed by atoms with Gasteiger partial charge in [-0.05, 0) is 53.0 Å². The first-order chi connectivity index (χ1) is 7.07. The lowest BCUT2D eigenvalue weighted by Crippen LogP contribution is -2.35. The SMILES string of the molecule is CC(C)=C(C(=NC(C)C)C(C)(C)O)C(C)C. The summed E-state index contributed by atoms with van der Waals surface area (Å²) in [4.78, 5) is 4.60. The Bertz CT molecular complexity index is 286. The minimum atomic E-state index is -0.874. The third-order valence-corrected chi connectivity index (χ3v) is 2.34. The van der Waals surface area contributed by atoms with Crippen LogP contribution in [-0.4, -0.2) is 22.5 Å². The molecular weight excluding hydrogens is 198 g/mol. The van der Waals surface area contributed by atoms with Crippen LogP contribution >= 0.6 is 0 Å². The number of nitrogens with zero attached hydrogens (tertiary/aromatic N) is 1. The van der Waals surface area contributed by atoms with Gasteiger partial charge in [-0.2, -0.15) is 0 Å². The number of hydrogen-bond donors (Lipinski definition) is 1. The van der Waals surface area contributed by atoms with Gasteiger partial charge < -0.3 is 5.11 Å². The molecule has 0 radical (unpaired) electrons. The monoisotopic (exact) mass is 225 g/mol. The van der Waals surface area contributed by atoms with Crippen molar-refractivity contribution in [2.75, 3.05) is 0 Å². The van der Waals surface area contributed by atoms with E-state index in [1.807, 2.05) is 13.8 Å². The molecule has 0 saturated carbocycles. The molecule has 2 nitrogen and oxygen atoms in total. The molecule has 0 rings (SSSR count). The van der Waals surface area contributed by atoms with Crippen LogP contribution in [0.4, 0.5) is 0 Å². The van der Waals surface area contributed by atoms with Gasteiger partial charge in [-0.25, -0.2) is 0 Å². The van der Waals surface area contributed by atoms with E-state index in [9.17, 15) is 5.11 Å². The quantitative estimate of drug-likeness (QED) is 0.728. The summed E-state index contributed by atoms with van der Waals surface area (Å²) in [5.41, 5.74) is 2.37. The molecule has 1 N–H and O–H groups in total. The predicted octanol–water partition coefficient (Wildman–Crippen LogP) is 3.60. The molecule has 0 fully saturated rings. The van der Waals surface area contributed by atoms with Crippen molar-refractivity contribution in [1.82, 2.24) is 0 Å². The number of aliphatic imine (C=N–C) groups is 1. The number of hydrogen-bond acceptors (Lipinski definition) is 2. The Morgan fingerprint density at radius 3 is 1.69 bits per heavy atom. The summed E-state index contributed by atoms with van der Waals surface area (Å²) in [5, 5.41) is 10.2. The summed E-state index contributed by atoms with van der Waals surface area (Å²) >= 11 is 0. The Morgan fingerprint density at radius 1 is 1.06 bits per heavy atom. The van der Waals surface area contributed by atoms with E-state index in [-0.39, 0.29) is 6.04 Å². The van der Waals surface area contributed by atoms with E-state index < -0.39 is 5.60 Å². The second kappa shape index (κ2) is 5.62. The van der Waals surface area contributed by atoms with E-state index in [0.717, 1.165) is 5.71 Å². The zero-order chi connectivity index (χ0) is 13.1. The average molecular weight is 225 g/mol. The third-order valence-electron chi connectivity index (χ3n) is 2.34. The average Bonchev–Trinajstić information content (AvgIpc) is 1.98. The van der Waals surface area contributed by atoms with Crippen molar-refractivity contribution in [3.63, 3.8) is 0 Å². The summed E-state index contributed by atoms with van der Waals surface area (Å²) in [6.45, 7) is 16.1. The maximum Gasteiger partial charge on any atom is 0.101 e. The molecule has 0 atom stereocenters. The Labute approximate surface area is 100 Å². The first-order valence-corrected chi connectivity index (χ1v) is 6.05. The third kappa shape index (κ3) is 4.48. The van der Waals surface area contributed by atoms with Crippen molar-refractivity contribution < 1.29 is 5.11 Å². The van der Waals surface area contributed by atoms with Gasteiger partial charge in [0.15, 0.2) is 0 Å². The van der Waals surface area contributed by atoms with Crippen molar-refractivity contribution in [2.24, 2.45) is 10.9 Å². The normalized spacial score (nSPS) is 13.6. The van der Waals surface area contributed by atoms with Crippen LogP contribution in [0.3, 0.4) is 0 Å². The molecule has 94 valence electrons. The Balaban J connectivity index is 5.62. The van der Waals surface area contributed by atoms with Gasteiger partial charge in [0, 0.05) is 6.04 Å². The van der Waals surface area contributed by atoms with E-state index in [1.54, 1.807) is 13.8 Å². The molecule has 0 aliphatic heterocycles. The van der Waals surface area contributed by atoms with Crippen molar-refractivity contribution >= 4 is 5.71 Å². The minimum Gasteiger partial charge on any atom is -0.384 e. The highest BCUT2D eigenvalue weighted by Crippen LogP contribution is 2.24. The molecule has 0 unspecified atom stereocenters. The highest BCUT2D eigenvalue weighted by molar-refractivity contribution is 6.06. The first-order valence-electron chi connectivity index (χ1n) is 6.05. The molecule has 0 saturated heterocycles. The predicted molar refractivity (Wildman–Crippen MR) is 72.1 cm³/mol. The molecule has 0 aliphatic carbocycles. The van der Waals surface area contributed by atoms with E-state index in [2.05, 4.69) is 32.7 Å². The van der Waals surface area contributed by atoms with Crippen molar-refractivity contribution in [2.45, 2.75) is 67.0 Å². The van der Waals surface area contributed by atoms with Crippen LogP contribution in [-0.2, 0) is 0 Å². The standard InChI is InChI=1S/C14H27NO/c1-9(2)12(10(3)4)13(14(7,8)16)15-11(5)6/h9,11,16H,1-8H3. The summed E-state index contributed by atoms with van der Waals surface area (Å²) in [5.74, 6) is 0.383. The van der Waals surface area contributed by atoms with Crippen molar-refractivity contribution in [3.05, 3.63) is 11.1 Å². The van der Waals surface area contributed by atoms with Crippen LogP contribution in [0.2, 0.25) is 0 Å². The summed E-state index contributed by atoms with van der Waals surface area (Å²) < 4.78 is 0. The van der Waals surface area contributed by atoms with Gasteiger partial charge >= 0.3 is 0 Å². The van der Waals surface area contributed by atoms with Crippen LogP contribution in [0.5, 0.6) is 0 Å². The Morgan fingerprint density at radius 2 is 1.50 bits per heavy atom. The lowest BCUT2D eigenvalue weighted by molar-refractivity contribution is 0.153. The summed E-state index contributed by atoms with van der Waals surface area (Å²) in [7, 11) is 0. The molecule has 0 bridgehead atoms. The zero-order valence-electron chi connectivity index (χ0n) is 12.0. The maximum absolute atomic E-state index is 10.2. The van der Waals surface area contributed by atoms with E-state index >= 15 is 0 Å². The van der Waals surface area contributed by atoms with Gasteiger partial charge in [0.2, 0.25) is 0 Å². The molecule has 0 amide bonds. The van der Waals surface area contributed by atoms with E-state index in [1.165, 1.54) is 11.1 Å². The molecule has 0 aromatic heterocycles. The van der Waals surface area contributed by atoms with Gasteiger partial charge in [-0.15, -0.1) is 0 Å². The topological polar surface area (TPSA) is 32.6 Å². The molecular formula is C14H27NO. The Hall–Kier alpha value is -0.630. The lowest BCUT2D eigenvalue weighted by Gasteiger charge is -2.27. The lowest BCUT2D eigenvalue weighted by atomic mass is 9.86. The Kier molecular flexibility index (Phi) is 5.40. The highest BCUT2D eigenvalue weighted by atomic mass is 16.3. The molecule has 2 heteroatoms. The molecule has 0 aromatic rings. The number of rotatable bonds is 4. The van der Waals surface area contributed by atoms with E-state index in [4.69, 9.17) is 0 Å². The molecule has 0 aromatic carbocycles. The van der Waals surface area contributed by atoms with Gasteiger partial charge in [-0.3, -0.25) is 4.99 Å². The van der Waals surface area contributed by atoms with Crippen LogP contribution in [0, 0.1) is 5.92 Å². The molecule has 16 heavy (non-hydrogen) atoms. The minimum absolute atomic E-state index is 0.203. The van der Waals surface area contributed by atoms with Crippen LogP contribution in [0.25, 0.3) is 0 Å². The largest absolute Gasteiger partial charge is 0.384 e. The fraction of sp³-hybridized carbons (Fsp3) is 0.786. The highest BCUT2D eigenvalue weighted by Gasteiger charge is 2.27. The smallest absolute Gasteiger partial charge is 0.101 e.